The first-order chi connectivity index (χ1) is 27.5. The van der Waals surface area contributed by atoms with Crippen molar-refractivity contribution < 1.29 is 38.1 Å². The number of hydrogen-bond donors (Lipinski definition) is 3. The molecule has 306 valence electrons. The average Bonchev–Trinajstić information content (AvgIpc) is 3.63. The standard InChI is InChI=1S/C42H54N6O8S/c1-24(2)43-40-45-32(23-57-40)31-20-35(29-17-18-34(53-4)25(3)36(29)44-31)55-28-19-33-37(49)47-42(39(51)54-5)21-26(42)13-9-7-6-8-10-16-30(38(50)48(33)22-28)46-41(52)56-27-14-11-12-15-27/h9,13,17-18,20,23-24,26-28,30,33H,6-8,10-12,14-16,19,21-22H2,1-5H3,(H,43,45)(H,46,52)(H,47,49)/b13-9-/t26-,28-,30+,33+,42-/m1/s1. The number of carbonyl (C=O) groups excluding carboxylic acids is 4. The van der Waals surface area contributed by atoms with Crippen LogP contribution in [0.3, 0.4) is 0 Å². The van der Waals surface area contributed by atoms with E-state index in [1.54, 1.807) is 7.11 Å². The first kappa shape index (κ1) is 40.3. The number of anilines is 1. The number of alkyl carbamates (subject to hydrolysis) is 1. The molecule has 3 fully saturated rings. The minimum absolute atomic E-state index is 0.0643. The number of nitrogens with one attached hydrogen (secondary N) is 3. The third kappa shape index (κ3) is 8.82. The van der Waals surface area contributed by atoms with E-state index in [9.17, 15) is 19.2 Å². The van der Waals surface area contributed by atoms with Crippen LogP contribution in [-0.4, -0.2) is 95.4 Å². The van der Waals surface area contributed by atoms with Crippen molar-refractivity contribution in [1.82, 2.24) is 25.5 Å². The van der Waals surface area contributed by atoms with Gasteiger partial charge < -0.3 is 39.8 Å². The smallest absolute Gasteiger partial charge is 0.408 e. The van der Waals surface area contributed by atoms with Crippen molar-refractivity contribution in [2.45, 2.75) is 127 Å². The quantitative estimate of drug-likeness (QED) is 0.161. The fourth-order valence-corrected chi connectivity index (χ4v) is 9.21. The van der Waals surface area contributed by atoms with E-state index in [-0.39, 0.29) is 31.0 Å². The molecular weight excluding hydrogens is 749 g/mol. The van der Waals surface area contributed by atoms with Gasteiger partial charge in [-0.1, -0.05) is 25.0 Å². The van der Waals surface area contributed by atoms with Crippen molar-refractivity contribution in [3.63, 3.8) is 0 Å². The monoisotopic (exact) mass is 802 g/mol. The maximum atomic E-state index is 14.7. The van der Waals surface area contributed by atoms with E-state index in [1.807, 2.05) is 56.5 Å². The minimum atomic E-state index is -1.22. The molecule has 0 spiro atoms. The number of benzene rings is 1. The van der Waals surface area contributed by atoms with Gasteiger partial charge in [-0.25, -0.2) is 19.6 Å². The predicted molar refractivity (Wildman–Crippen MR) is 216 cm³/mol. The van der Waals surface area contributed by atoms with Crippen LogP contribution in [0.4, 0.5) is 9.93 Å². The van der Waals surface area contributed by atoms with Crippen LogP contribution in [0.2, 0.25) is 0 Å². The summed E-state index contributed by atoms with van der Waals surface area (Å²) in [4.78, 5) is 66.8. The number of hydrogen-bond acceptors (Lipinski definition) is 12. The molecule has 2 aliphatic carbocycles. The molecule has 1 saturated heterocycles. The molecule has 14 nitrogen and oxygen atoms in total. The molecule has 2 aromatic heterocycles. The van der Waals surface area contributed by atoms with Crippen LogP contribution in [0.25, 0.3) is 22.3 Å². The molecule has 4 aliphatic rings. The lowest BCUT2D eigenvalue weighted by Crippen LogP contribution is -2.56. The highest BCUT2D eigenvalue weighted by atomic mass is 32.1. The number of rotatable bonds is 9. The number of fused-ring (bicyclic) bond motifs is 3. The van der Waals surface area contributed by atoms with E-state index in [0.29, 0.717) is 47.7 Å². The molecule has 5 atom stereocenters. The molecular formula is C42H54N6O8S. The van der Waals surface area contributed by atoms with Crippen molar-refractivity contribution in [2.24, 2.45) is 5.92 Å². The fraction of sp³-hybridized carbons (Fsp3) is 0.571. The summed E-state index contributed by atoms with van der Waals surface area (Å²) >= 11 is 1.48. The van der Waals surface area contributed by atoms with Gasteiger partial charge in [-0.2, -0.15) is 0 Å². The number of thiazole rings is 1. The SMILES string of the molecule is COC(=O)[C@@]12C[C@H]1/C=C\CCCCC[C@H](NC(=O)OC1CCCC1)C(=O)N1C[C@H](Oc3cc(-c4csc(NC(C)C)n4)nc4c(C)c(OC)ccc34)C[C@H]1C(=O)N2. The summed E-state index contributed by atoms with van der Waals surface area (Å²) in [5, 5.41) is 12.7. The number of aromatic nitrogens is 2. The molecule has 0 bridgehead atoms. The summed E-state index contributed by atoms with van der Waals surface area (Å²) in [7, 11) is 2.92. The molecule has 1 aromatic carbocycles. The molecule has 0 unspecified atom stereocenters. The number of esters is 1. The van der Waals surface area contributed by atoms with Crippen molar-refractivity contribution in [3.8, 4) is 22.9 Å². The van der Waals surface area contributed by atoms with E-state index in [2.05, 4.69) is 16.0 Å². The maximum Gasteiger partial charge on any atom is 0.408 e. The molecule has 15 heteroatoms. The van der Waals surface area contributed by atoms with Crippen LogP contribution in [0, 0.1) is 12.8 Å². The molecule has 2 aliphatic heterocycles. The van der Waals surface area contributed by atoms with Gasteiger partial charge in [-0.15, -0.1) is 11.3 Å². The molecule has 7 rings (SSSR count). The summed E-state index contributed by atoms with van der Waals surface area (Å²) < 4.78 is 23.4. The van der Waals surface area contributed by atoms with E-state index < -0.39 is 47.6 Å². The number of nitrogens with zero attached hydrogens (tertiary/aromatic N) is 3. The number of methoxy groups -OCH3 is 2. The summed E-state index contributed by atoms with van der Waals surface area (Å²) in [5.41, 5.74) is 1.55. The average molecular weight is 803 g/mol. The van der Waals surface area contributed by atoms with Crippen molar-refractivity contribution in [2.75, 3.05) is 26.1 Å². The van der Waals surface area contributed by atoms with Gasteiger partial charge in [0.15, 0.2) is 5.13 Å². The predicted octanol–water partition coefficient (Wildman–Crippen LogP) is 6.45. The molecule has 3 amide bonds. The second kappa shape index (κ2) is 17.3. The highest BCUT2D eigenvalue weighted by molar-refractivity contribution is 7.14. The molecule has 3 N–H and O–H groups in total. The van der Waals surface area contributed by atoms with Crippen LogP contribution >= 0.6 is 11.3 Å². The van der Waals surface area contributed by atoms with Gasteiger partial charge >= 0.3 is 12.1 Å². The third-order valence-electron chi connectivity index (χ3n) is 11.5. The third-order valence-corrected chi connectivity index (χ3v) is 12.3. The molecule has 0 radical (unpaired) electrons. The number of allylic oxidation sites excluding steroid dienone is 1. The second-order valence-corrected chi connectivity index (χ2v) is 16.8. The van der Waals surface area contributed by atoms with Gasteiger partial charge in [-0.05, 0) is 84.3 Å². The van der Waals surface area contributed by atoms with Crippen LogP contribution in [0.1, 0.15) is 90.0 Å². The van der Waals surface area contributed by atoms with Gasteiger partial charge in [0.25, 0.3) is 0 Å². The highest BCUT2D eigenvalue weighted by Gasteiger charge is 2.62. The Labute approximate surface area is 337 Å². The molecule has 2 saturated carbocycles. The summed E-state index contributed by atoms with van der Waals surface area (Å²) in [6.45, 7) is 6.10. The number of aryl methyl sites for hydroxylation is 1. The highest BCUT2D eigenvalue weighted by Crippen LogP contribution is 2.46. The van der Waals surface area contributed by atoms with Crippen LogP contribution in [0.15, 0.2) is 35.7 Å². The Bertz CT molecular complexity index is 2010. The van der Waals surface area contributed by atoms with Crippen molar-refractivity contribution >= 4 is 51.2 Å². The lowest BCUT2D eigenvalue weighted by atomic mass is 10.0. The van der Waals surface area contributed by atoms with Crippen LogP contribution in [0.5, 0.6) is 11.5 Å². The Morgan fingerprint density at radius 1 is 1.00 bits per heavy atom. The lowest BCUT2D eigenvalue weighted by Gasteiger charge is -2.29. The Morgan fingerprint density at radius 3 is 2.54 bits per heavy atom. The Hall–Kier alpha value is -4.92. The van der Waals surface area contributed by atoms with Crippen LogP contribution < -0.4 is 25.4 Å². The van der Waals surface area contributed by atoms with Gasteiger partial charge in [0.1, 0.15) is 47.0 Å². The van der Waals surface area contributed by atoms with Crippen molar-refractivity contribution in [1.29, 1.82) is 0 Å². The van der Waals surface area contributed by atoms with Crippen LogP contribution in [-0.2, 0) is 23.9 Å². The van der Waals surface area contributed by atoms with Gasteiger partial charge in [0.05, 0.1) is 32.0 Å². The molecule has 57 heavy (non-hydrogen) atoms. The normalized spacial score (nSPS) is 26.1. The van der Waals surface area contributed by atoms with E-state index in [4.69, 9.17) is 28.9 Å². The Morgan fingerprint density at radius 2 is 1.79 bits per heavy atom. The summed E-state index contributed by atoms with van der Waals surface area (Å²) in [6.07, 6.45) is 10.3. The number of pyridine rings is 1. The maximum absolute atomic E-state index is 14.7. The topological polar surface area (TPSA) is 170 Å². The number of ether oxygens (including phenoxy) is 4. The summed E-state index contributed by atoms with van der Waals surface area (Å²) in [5.74, 6) is -0.438. The first-order valence-corrected chi connectivity index (χ1v) is 21.1. The number of amides is 3. The Kier molecular flexibility index (Phi) is 12.2. The largest absolute Gasteiger partial charge is 0.496 e. The van der Waals surface area contributed by atoms with Gasteiger partial charge in [0.2, 0.25) is 11.8 Å². The zero-order valence-electron chi connectivity index (χ0n) is 33.4. The first-order valence-electron chi connectivity index (χ1n) is 20.2. The molecule has 4 heterocycles. The Balaban J connectivity index is 1.22. The van der Waals surface area contributed by atoms with Crippen molar-refractivity contribution in [3.05, 3.63) is 41.3 Å². The minimum Gasteiger partial charge on any atom is -0.496 e. The lowest BCUT2D eigenvalue weighted by molar-refractivity contribution is -0.148. The number of carbonyl (C=O) groups is 4. The molecule has 3 aromatic rings. The zero-order chi connectivity index (χ0) is 40.3. The zero-order valence-corrected chi connectivity index (χ0v) is 34.2. The van der Waals surface area contributed by atoms with Gasteiger partial charge in [-0.3, -0.25) is 9.59 Å². The van der Waals surface area contributed by atoms with E-state index in [0.717, 1.165) is 61.0 Å². The second-order valence-electron chi connectivity index (χ2n) is 16.0. The summed E-state index contributed by atoms with van der Waals surface area (Å²) in [6, 6.07) is 3.89. The van der Waals surface area contributed by atoms with E-state index >= 15 is 0 Å². The van der Waals surface area contributed by atoms with E-state index in [1.165, 1.54) is 23.3 Å². The fourth-order valence-electron chi connectivity index (χ4n) is 8.36. The van der Waals surface area contributed by atoms with Gasteiger partial charge in [0, 0.05) is 40.8 Å².